The molecule has 21 heavy (non-hydrogen) atoms. The summed E-state index contributed by atoms with van der Waals surface area (Å²) in [4.78, 5) is 0. The molecular formula is C16H18BrFN2O. The lowest BCUT2D eigenvalue weighted by Crippen LogP contribution is -2.30. The third-order valence-electron chi connectivity index (χ3n) is 3.42. The zero-order valence-corrected chi connectivity index (χ0v) is 13.6. The molecule has 0 aliphatic heterocycles. The molecule has 112 valence electrons. The van der Waals surface area contributed by atoms with Crippen LogP contribution in [-0.4, -0.2) is 7.11 Å². The molecule has 0 aliphatic rings. The van der Waals surface area contributed by atoms with E-state index in [0.717, 1.165) is 22.4 Å². The van der Waals surface area contributed by atoms with E-state index in [-0.39, 0.29) is 11.9 Å². The molecule has 2 rings (SSSR count). The van der Waals surface area contributed by atoms with Gasteiger partial charge in [0.15, 0.2) is 0 Å². The third-order valence-corrected chi connectivity index (χ3v) is 4.31. The van der Waals surface area contributed by atoms with Crippen molar-refractivity contribution in [3.8, 4) is 5.75 Å². The van der Waals surface area contributed by atoms with E-state index < -0.39 is 0 Å². The minimum Gasteiger partial charge on any atom is -0.496 e. The Hall–Kier alpha value is -1.43. The Morgan fingerprint density at radius 2 is 2.10 bits per heavy atom. The number of halogens is 2. The number of nitrogens with one attached hydrogen (secondary N) is 1. The maximum absolute atomic E-state index is 13.6. The smallest absolute Gasteiger partial charge is 0.137 e. The van der Waals surface area contributed by atoms with Crippen LogP contribution in [0.25, 0.3) is 0 Å². The molecule has 0 saturated heterocycles. The van der Waals surface area contributed by atoms with E-state index in [1.807, 2.05) is 31.2 Å². The summed E-state index contributed by atoms with van der Waals surface area (Å²) >= 11 is 3.28. The van der Waals surface area contributed by atoms with Gasteiger partial charge in [-0.2, -0.15) is 0 Å². The van der Waals surface area contributed by atoms with E-state index in [0.29, 0.717) is 10.9 Å². The first-order valence-electron chi connectivity index (χ1n) is 6.60. The normalized spacial score (nSPS) is 12.2. The molecule has 0 fully saturated rings. The number of hydrogen-bond acceptors (Lipinski definition) is 3. The zero-order valence-electron chi connectivity index (χ0n) is 12.0. The monoisotopic (exact) mass is 352 g/mol. The molecule has 0 spiro atoms. The highest BCUT2D eigenvalue weighted by Gasteiger charge is 2.17. The number of hydrazine groups is 1. The van der Waals surface area contributed by atoms with E-state index >= 15 is 0 Å². The Morgan fingerprint density at radius 1 is 1.33 bits per heavy atom. The first-order chi connectivity index (χ1) is 10.1. The Labute approximate surface area is 132 Å². The summed E-state index contributed by atoms with van der Waals surface area (Å²) in [7, 11) is 1.63. The number of benzene rings is 2. The Morgan fingerprint density at radius 3 is 2.76 bits per heavy atom. The summed E-state index contributed by atoms with van der Waals surface area (Å²) in [5.74, 6) is 6.18. The molecule has 0 radical (unpaired) electrons. The highest BCUT2D eigenvalue weighted by Crippen LogP contribution is 2.30. The second kappa shape index (κ2) is 7.02. The van der Waals surface area contributed by atoms with Gasteiger partial charge in [0.25, 0.3) is 0 Å². The topological polar surface area (TPSA) is 47.3 Å². The lowest BCUT2D eigenvalue weighted by atomic mass is 9.97. The minimum atomic E-state index is -0.279. The van der Waals surface area contributed by atoms with Crippen LogP contribution in [0.4, 0.5) is 4.39 Å². The summed E-state index contributed by atoms with van der Waals surface area (Å²) in [5.41, 5.74) is 5.69. The van der Waals surface area contributed by atoms with Crippen LogP contribution >= 0.6 is 15.9 Å². The first kappa shape index (κ1) is 15.9. The standard InChI is InChI=1S/C16H18BrFN2O/c1-10-6-7-12(15(8-10)21-2)14(20-19)9-11-4-3-5-13(18)16(11)17/h3-8,14,20H,9,19H2,1-2H3. The zero-order chi connectivity index (χ0) is 15.4. The van der Waals surface area contributed by atoms with Crippen LogP contribution in [0.5, 0.6) is 5.75 Å². The number of rotatable bonds is 5. The quantitative estimate of drug-likeness (QED) is 0.637. The van der Waals surface area contributed by atoms with Crippen LogP contribution < -0.4 is 16.0 Å². The number of nitrogens with two attached hydrogens (primary N) is 1. The molecule has 0 saturated carbocycles. The van der Waals surface area contributed by atoms with Crippen molar-refractivity contribution in [2.45, 2.75) is 19.4 Å². The second-order valence-corrected chi connectivity index (χ2v) is 5.67. The number of hydrogen-bond donors (Lipinski definition) is 2. The predicted octanol–water partition coefficient (Wildman–Crippen LogP) is 3.65. The first-order valence-corrected chi connectivity index (χ1v) is 7.39. The summed E-state index contributed by atoms with van der Waals surface area (Å²) in [5, 5.41) is 0. The molecule has 1 unspecified atom stereocenters. The van der Waals surface area contributed by atoms with Crippen molar-refractivity contribution in [1.82, 2.24) is 5.43 Å². The summed E-state index contributed by atoms with van der Waals surface area (Å²) in [6, 6.07) is 10.8. The van der Waals surface area contributed by atoms with E-state index in [2.05, 4.69) is 21.4 Å². The molecule has 2 aromatic carbocycles. The summed E-state index contributed by atoms with van der Waals surface area (Å²) in [6.07, 6.45) is 0.550. The fourth-order valence-corrected chi connectivity index (χ4v) is 2.72. The lowest BCUT2D eigenvalue weighted by Gasteiger charge is -2.20. The maximum atomic E-state index is 13.6. The van der Waals surface area contributed by atoms with Gasteiger partial charge in [0.2, 0.25) is 0 Å². The van der Waals surface area contributed by atoms with Gasteiger partial charge < -0.3 is 4.74 Å². The molecule has 1 atom stereocenters. The molecule has 3 N–H and O–H groups in total. The molecule has 0 heterocycles. The van der Waals surface area contributed by atoms with Crippen LogP contribution in [0, 0.1) is 12.7 Å². The maximum Gasteiger partial charge on any atom is 0.137 e. The van der Waals surface area contributed by atoms with Crippen molar-refractivity contribution in [3.63, 3.8) is 0 Å². The molecular weight excluding hydrogens is 335 g/mol. The molecule has 5 heteroatoms. The van der Waals surface area contributed by atoms with Crippen LogP contribution in [0.3, 0.4) is 0 Å². The Balaban J connectivity index is 2.34. The van der Waals surface area contributed by atoms with Gasteiger partial charge in [-0.25, -0.2) is 4.39 Å². The largest absolute Gasteiger partial charge is 0.496 e. The van der Waals surface area contributed by atoms with Crippen LogP contribution in [0.1, 0.15) is 22.7 Å². The molecule has 3 nitrogen and oxygen atoms in total. The van der Waals surface area contributed by atoms with E-state index in [9.17, 15) is 4.39 Å². The van der Waals surface area contributed by atoms with Gasteiger partial charge in [0, 0.05) is 5.56 Å². The fourth-order valence-electron chi connectivity index (χ4n) is 2.29. The minimum absolute atomic E-state index is 0.168. The lowest BCUT2D eigenvalue weighted by molar-refractivity contribution is 0.398. The number of aryl methyl sites for hydroxylation is 1. The van der Waals surface area contributed by atoms with Gasteiger partial charge in [-0.1, -0.05) is 24.3 Å². The Bertz CT molecular complexity index is 634. The Kier molecular flexibility index (Phi) is 5.33. The van der Waals surface area contributed by atoms with Gasteiger partial charge >= 0.3 is 0 Å². The molecule has 0 aromatic heterocycles. The summed E-state index contributed by atoms with van der Waals surface area (Å²) < 4.78 is 19.5. The van der Waals surface area contributed by atoms with Crippen LogP contribution in [0.15, 0.2) is 40.9 Å². The van der Waals surface area contributed by atoms with Crippen molar-refractivity contribution in [3.05, 3.63) is 63.4 Å². The van der Waals surface area contributed by atoms with Crippen LogP contribution in [-0.2, 0) is 6.42 Å². The predicted molar refractivity (Wildman–Crippen MR) is 85.6 cm³/mol. The van der Waals surface area contributed by atoms with Crippen molar-refractivity contribution in [2.75, 3.05) is 7.11 Å². The van der Waals surface area contributed by atoms with Gasteiger partial charge in [-0.05, 0) is 52.5 Å². The number of methoxy groups -OCH3 is 1. The highest BCUT2D eigenvalue weighted by atomic mass is 79.9. The van der Waals surface area contributed by atoms with Crippen molar-refractivity contribution < 1.29 is 9.13 Å². The van der Waals surface area contributed by atoms with E-state index in [4.69, 9.17) is 10.6 Å². The average Bonchev–Trinajstić information content (AvgIpc) is 2.49. The van der Waals surface area contributed by atoms with Gasteiger partial charge in [0.05, 0.1) is 17.6 Å². The van der Waals surface area contributed by atoms with Gasteiger partial charge in [-0.15, -0.1) is 0 Å². The number of ether oxygens (including phenoxy) is 1. The van der Waals surface area contributed by atoms with E-state index in [1.165, 1.54) is 6.07 Å². The summed E-state index contributed by atoms with van der Waals surface area (Å²) in [6.45, 7) is 2.00. The highest BCUT2D eigenvalue weighted by molar-refractivity contribution is 9.10. The second-order valence-electron chi connectivity index (χ2n) is 4.88. The molecule has 2 aromatic rings. The SMILES string of the molecule is COc1cc(C)ccc1C(Cc1cccc(F)c1Br)NN. The van der Waals surface area contributed by atoms with Crippen molar-refractivity contribution >= 4 is 15.9 Å². The molecule has 0 amide bonds. The van der Waals surface area contributed by atoms with Crippen molar-refractivity contribution in [2.24, 2.45) is 5.84 Å². The third kappa shape index (κ3) is 3.61. The van der Waals surface area contributed by atoms with Crippen molar-refractivity contribution in [1.29, 1.82) is 0 Å². The molecule has 0 bridgehead atoms. The molecule has 0 aliphatic carbocycles. The van der Waals surface area contributed by atoms with Gasteiger partial charge in [-0.3, -0.25) is 11.3 Å². The van der Waals surface area contributed by atoms with Crippen LogP contribution in [0.2, 0.25) is 0 Å². The van der Waals surface area contributed by atoms with E-state index in [1.54, 1.807) is 13.2 Å². The average molecular weight is 353 g/mol. The fraction of sp³-hybridized carbons (Fsp3) is 0.250. The van der Waals surface area contributed by atoms with Gasteiger partial charge in [0.1, 0.15) is 11.6 Å².